The van der Waals surface area contributed by atoms with Gasteiger partial charge >= 0.3 is 0 Å². The fourth-order valence-electron chi connectivity index (χ4n) is 2.09. The largest absolute Gasteiger partial charge is 0.312 e. The van der Waals surface area contributed by atoms with Crippen LogP contribution in [0.3, 0.4) is 0 Å². The molecule has 1 heteroatoms. The van der Waals surface area contributed by atoms with Crippen molar-refractivity contribution in [2.75, 3.05) is 21.1 Å². The molecule has 0 saturated heterocycles. The Kier molecular flexibility index (Phi) is 22.7. The summed E-state index contributed by atoms with van der Waals surface area (Å²) in [6.45, 7) is 4.58. The number of hydrogen-bond donors (Lipinski definition) is 0. The monoisotopic (exact) mass is 271 g/mol. The fourth-order valence-corrected chi connectivity index (χ4v) is 2.09. The van der Waals surface area contributed by atoms with Gasteiger partial charge < -0.3 is 4.90 Å². The average molecular weight is 272 g/mol. The Morgan fingerprint density at radius 2 is 0.579 bits per heavy atom. The summed E-state index contributed by atoms with van der Waals surface area (Å²) in [4.78, 5) is 2.00. The van der Waals surface area contributed by atoms with E-state index in [9.17, 15) is 0 Å². The molecule has 0 bridgehead atoms. The standard InChI is InChI=1S/C15H32.C3H9N/c1-3-5-7-9-11-13-15-14-12-10-8-6-4-2;1-4(2)3/h3-15H2,1-2H3;1-3H3. The second-order valence-electron chi connectivity index (χ2n) is 6.23. The second-order valence-corrected chi connectivity index (χ2v) is 6.23. The van der Waals surface area contributed by atoms with Crippen molar-refractivity contribution in [2.24, 2.45) is 0 Å². The van der Waals surface area contributed by atoms with Gasteiger partial charge in [-0.1, -0.05) is 97.3 Å². The summed E-state index contributed by atoms with van der Waals surface area (Å²) in [6, 6.07) is 0. The summed E-state index contributed by atoms with van der Waals surface area (Å²) in [7, 11) is 6.00. The Balaban J connectivity index is 0. The summed E-state index contributed by atoms with van der Waals surface area (Å²) in [5.41, 5.74) is 0. The molecular formula is C18H41N. The Labute approximate surface area is 124 Å². The van der Waals surface area contributed by atoms with Gasteiger partial charge in [-0.05, 0) is 21.1 Å². The van der Waals surface area contributed by atoms with E-state index >= 15 is 0 Å². The first-order valence-corrected chi connectivity index (χ1v) is 8.76. The van der Waals surface area contributed by atoms with Crippen LogP contribution >= 0.6 is 0 Å². The normalized spacial score (nSPS) is 10.4. The highest BCUT2D eigenvalue weighted by molar-refractivity contribution is 4.47. The Hall–Kier alpha value is -0.0400. The molecule has 0 amide bonds. The third-order valence-corrected chi connectivity index (χ3v) is 3.21. The maximum Gasteiger partial charge on any atom is -0.0140 e. The SMILES string of the molecule is CCCCCCCCCCCCCCC.CN(C)C. The van der Waals surface area contributed by atoms with E-state index in [4.69, 9.17) is 0 Å². The minimum Gasteiger partial charge on any atom is -0.312 e. The highest BCUT2D eigenvalue weighted by Crippen LogP contribution is 2.12. The third kappa shape index (κ3) is 32.0. The smallest absolute Gasteiger partial charge is 0.0140 e. The van der Waals surface area contributed by atoms with Crippen molar-refractivity contribution in [2.45, 2.75) is 97.3 Å². The van der Waals surface area contributed by atoms with Crippen LogP contribution in [-0.2, 0) is 0 Å². The van der Waals surface area contributed by atoms with Crippen molar-refractivity contribution in [1.82, 2.24) is 4.90 Å². The molecule has 0 rings (SSSR count). The van der Waals surface area contributed by atoms with Crippen molar-refractivity contribution in [3.8, 4) is 0 Å². The predicted molar refractivity (Wildman–Crippen MR) is 91.0 cm³/mol. The van der Waals surface area contributed by atoms with Crippen molar-refractivity contribution < 1.29 is 0 Å². The number of hydrogen-bond acceptors (Lipinski definition) is 1. The summed E-state index contributed by atoms with van der Waals surface area (Å²) in [5, 5.41) is 0. The Morgan fingerprint density at radius 3 is 0.737 bits per heavy atom. The molecule has 0 aromatic carbocycles. The molecule has 0 atom stereocenters. The summed E-state index contributed by atoms with van der Waals surface area (Å²) in [6.07, 6.45) is 18.9. The van der Waals surface area contributed by atoms with Crippen LogP contribution < -0.4 is 0 Å². The number of unbranched alkanes of at least 4 members (excludes halogenated alkanes) is 12. The minimum atomic E-state index is 1.37. The predicted octanol–water partition coefficient (Wildman–Crippen LogP) is 6.28. The molecular weight excluding hydrogens is 230 g/mol. The molecule has 0 aliphatic heterocycles. The first-order chi connectivity index (χ1) is 9.15. The first kappa shape index (κ1) is 21.3. The molecule has 0 heterocycles. The zero-order valence-corrected chi connectivity index (χ0v) is 14.6. The van der Waals surface area contributed by atoms with Gasteiger partial charge in [0.1, 0.15) is 0 Å². The lowest BCUT2D eigenvalue weighted by molar-refractivity contribution is 0.505. The van der Waals surface area contributed by atoms with Gasteiger partial charge in [0.05, 0.1) is 0 Å². The fraction of sp³-hybridized carbons (Fsp3) is 1.00. The summed E-state index contributed by atoms with van der Waals surface area (Å²) in [5.74, 6) is 0. The average Bonchev–Trinajstić information content (AvgIpc) is 2.35. The van der Waals surface area contributed by atoms with E-state index in [-0.39, 0.29) is 0 Å². The molecule has 0 saturated carbocycles. The molecule has 0 N–H and O–H groups in total. The Bertz CT molecular complexity index is 117. The minimum absolute atomic E-state index is 1.37. The van der Waals surface area contributed by atoms with Crippen molar-refractivity contribution in [1.29, 1.82) is 0 Å². The topological polar surface area (TPSA) is 3.24 Å². The highest BCUT2D eigenvalue weighted by Gasteiger charge is 1.92. The highest BCUT2D eigenvalue weighted by atomic mass is 15.0. The molecule has 0 fully saturated rings. The molecule has 118 valence electrons. The maximum atomic E-state index is 2.29. The van der Waals surface area contributed by atoms with Crippen molar-refractivity contribution in [3.63, 3.8) is 0 Å². The van der Waals surface area contributed by atoms with Crippen LogP contribution in [0.2, 0.25) is 0 Å². The lowest BCUT2D eigenvalue weighted by Gasteiger charge is -2.01. The van der Waals surface area contributed by atoms with Gasteiger partial charge in [0.25, 0.3) is 0 Å². The molecule has 19 heavy (non-hydrogen) atoms. The van der Waals surface area contributed by atoms with Crippen LogP contribution in [-0.4, -0.2) is 26.0 Å². The van der Waals surface area contributed by atoms with E-state index < -0.39 is 0 Å². The van der Waals surface area contributed by atoms with Crippen LogP contribution in [0.1, 0.15) is 97.3 Å². The Morgan fingerprint density at radius 1 is 0.421 bits per heavy atom. The van der Waals surface area contributed by atoms with Crippen LogP contribution in [0.5, 0.6) is 0 Å². The van der Waals surface area contributed by atoms with E-state index in [2.05, 4.69) is 13.8 Å². The van der Waals surface area contributed by atoms with Gasteiger partial charge in [-0.3, -0.25) is 0 Å². The van der Waals surface area contributed by atoms with Crippen LogP contribution in [0, 0.1) is 0 Å². The molecule has 0 aliphatic carbocycles. The first-order valence-electron chi connectivity index (χ1n) is 8.76. The van der Waals surface area contributed by atoms with Gasteiger partial charge in [-0.25, -0.2) is 0 Å². The molecule has 0 spiro atoms. The van der Waals surface area contributed by atoms with E-state index in [1.165, 1.54) is 83.5 Å². The van der Waals surface area contributed by atoms with Crippen molar-refractivity contribution >= 4 is 0 Å². The lowest BCUT2D eigenvalue weighted by Crippen LogP contribution is -1.99. The maximum absolute atomic E-state index is 2.29. The summed E-state index contributed by atoms with van der Waals surface area (Å²) < 4.78 is 0. The van der Waals surface area contributed by atoms with Gasteiger partial charge in [-0.15, -0.1) is 0 Å². The molecule has 0 radical (unpaired) electrons. The van der Waals surface area contributed by atoms with Gasteiger partial charge in [0.2, 0.25) is 0 Å². The quantitative estimate of drug-likeness (QED) is 0.378. The van der Waals surface area contributed by atoms with Gasteiger partial charge in [0.15, 0.2) is 0 Å². The molecule has 0 aromatic heterocycles. The van der Waals surface area contributed by atoms with Gasteiger partial charge in [-0.2, -0.15) is 0 Å². The van der Waals surface area contributed by atoms with E-state index in [0.717, 1.165) is 0 Å². The molecule has 1 nitrogen and oxygen atoms in total. The third-order valence-electron chi connectivity index (χ3n) is 3.21. The zero-order chi connectivity index (χ0) is 14.8. The van der Waals surface area contributed by atoms with Gasteiger partial charge in [0, 0.05) is 0 Å². The van der Waals surface area contributed by atoms with Crippen molar-refractivity contribution in [3.05, 3.63) is 0 Å². The number of rotatable bonds is 12. The van der Waals surface area contributed by atoms with E-state index in [1.807, 2.05) is 26.0 Å². The van der Waals surface area contributed by atoms with Crippen LogP contribution in [0.15, 0.2) is 0 Å². The van der Waals surface area contributed by atoms with Crippen LogP contribution in [0.25, 0.3) is 0 Å². The summed E-state index contributed by atoms with van der Waals surface area (Å²) >= 11 is 0. The lowest BCUT2D eigenvalue weighted by atomic mass is 10.1. The number of nitrogens with zero attached hydrogens (tertiary/aromatic N) is 1. The van der Waals surface area contributed by atoms with Crippen LogP contribution in [0.4, 0.5) is 0 Å². The second kappa shape index (κ2) is 20.3. The molecule has 0 aromatic rings. The zero-order valence-electron chi connectivity index (χ0n) is 14.6. The molecule has 0 unspecified atom stereocenters. The van der Waals surface area contributed by atoms with E-state index in [0.29, 0.717) is 0 Å². The molecule has 0 aliphatic rings. The van der Waals surface area contributed by atoms with E-state index in [1.54, 1.807) is 0 Å².